The van der Waals surface area contributed by atoms with Crippen molar-refractivity contribution in [1.29, 1.82) is 0 Å². The molecule has 92 valence electrons. The molecule has 0 saturated heterocycles. The van der Waals surface area contributed by atoms with Gasteiger partial charge in [0.1, 0.15) is 0 Å². The third-order valence-electron chi connectivity index (χ3n) is 2.29. The minimum Gasteiger partial charge on any atom is -0.396 e. The number of rotatable bonds is 4. The normalized spacial score (nSPS) is 15.9. The molecule has 0 spiro atoms. The van der Waals surface area contributed by atoms with Gasteiger partial charge in [0.2, 0.25) is 0 Å². The summed E-state index contributed by atoms with van der Waals surface area (Å²) in [5.41, 5.74) is 0.263. The van der Waals surface area contributed by atoms with Gasteiger partial charge in [0.05, 0.1) is 0 Å². The van der Waals surface area contributed by atoms with E-state index in [4.69, 9.17) is 5.11 Å². The zero-order valence-corrected chi connectivity index (χ0v) is 8.78. The Morgan fingerprint density at radius 1 is 1.29 bits per heavy atom. The second kappa shape index (κ2) is 4.29. The van der Waals surface area contributed by atoms with E-state index in [9.17, 15) is 13.6 Å². The van der Waals surface area contributed by atoms with Crippen LogP contribution in [-0.4, -0.2) is 23.8 Å². The third-order valence-corrected chi connectivity index (χ3v) is 2.29. The van der Waals surface area contributed by atoms with Crippen LogP contribution in [0.1, 0.15) is 23.2 Å². The summed E-state index contributed by atoms with van der Waals surface area (Å²) < 4.78 is 33.9. The SMILES string of the molecule is O=C(CCCO)c1ccc2c(c1)OC(F)(F)O2. The average molecular weight is 244 g/mol. The topological polar surface area (TPSA) is 55.8 Å². The number of benzene rings is 1. The quantitative estimate of drug-likeness (QED) is 0.822. The van der Waals surface area contributed by atoms with Gasteiger partial charge in [-0.05, 0) is 24.6 Å². The molecule has 0 aromatic heterocycles. The first-order chi connectivity index (χ1) is 8.02. The van der Waals surface area contributed by atoms with Gasteiger partial charge < -0.3 is 14.6 Å². The minimum atomic E-state index is -3.67. The van der Waals surface area contributed by atoms with E-state index in [0.29, 0.717) is 6.42 Å². The number of hydrogen-bond acceptors (Lipinski definition) is 4. The molecule has 4 nitrogen and oxygen atoms in total. The summed E-state index contributed by atoms with van der Waals surface area (Å²) in [5, 5.41) is 8.59. The summed E-state index contributed by atoms with van der Waals surface area (Å²) in [6.07, 6.45) is -3.18. The number of halogens is 2. The lowest BCUT2D eigenvalue weighted by molar-refractivity contribution is -0.286. The molecule has 2 rings (SSSR count). The molecule has 0 fully saturated rings. The van der Waals surface area contributed by atoms with Crippen LogP contribution in [0.25, 0.3) is 0 Å². The summed E-state index contributed by atoms with van der Waals surface area (Å²) in [5.74, 6) is -0.473. The fraction of sp³-hybridized carbons (Fsp3) is 0.364. The maximum absolute atomic E-state index is 12.7. The lowest BCUT2D eigenvalue weighted by Gasteiger charge is -2.04. The number of Topliss-reactive ketones (excluding diaryl/α,β-unsaturated/α-hetero) is 1. The molecule has 1 N–H and O–H groups in total. The Kier molecular flexibility index (Phi) is 2.97. The number of alkyl halides is 2. The van der Waals surface area contributed by atoms with E-state index in [2.05, 4.69) is 9.47 Å². The fourth-order valence-electron chi connectivity index (χ4n) is 1.51. The van der Waals surface area contributed by atoms with Crippen LogP contribution in [0.2, 0.25) is 0 Å². The Morgan fingerprint density at radius 3 is 2.71 bits per heavy atom. The van der Waals surface area contributed by atoms with E-state index >= 15 is 0 Å². The molecule has 0 aliphatic carbocycles. The summed E-state index contributed by atoms with van der Waals surface area (Å²) in [7, 11) is 0. The molecule has 0 amide bonds. The van der Waals surface area contributed by atoms with Crippen molar-refractivity contribution in [2.75, 3.05) is 6.61 Å². The van der Waals surface area contributed by atoms with Gasteiger partial charge in [-0.2, -0.15) is 0 Å². The monoisotopic (exact) mass is 244 g/mol. The highest BCUT2D eigenvalue weighted by atomic mass is 19.3. The van der Waals surface area contributed by atoms with Crippen molar-refractivity contribution in [2.45, 2.75) is 19.1 Å². The summed E-state index contributed by atoms with van der Waals surface area (Å²) in [6, 6.07) is 3.88. The Labute approximate surface area is 95.8 Å². The van der Waals surface area contributed by atoms with Crippen molar-refractivity contribution in [3.63, 3.8) is 0 Å². The summed E-state index contributed by atoms with van der Waals surface area (Å²) in [6.45, 7) is -0.0889. The highest BCUT2D eigenvalue weighted by molar-refractivity contribution is 5.96. The number of carbonyl (C=O) groups is 1. The number of ketones is 1. The molecule has 1 heterocycles. The lowest BCUT2D eigenvalue weighted by atomic mass is 10.1. The second-order valence-electron chi connectivity index (χ2n) is 3.58. The van der Waals surface area contributed by atoms with Crippen LogP contribution >= 0.6 is 0 Å². The Bertz CT molecular complexity index is 445. The van der Waals surface area contributed by atoms with Crippen LogP contribution < -0.4 is 9.47 Å². The zero-order valence-electron chi connectivity index (χ0n) is 8.78. The largest absolute Gasteiger partial charge is 0.586 e. The molecule has 0 radical (unpaired) electrons. The van der Waals surface area contributed by atoms with Crippen molar-refractivity contribution in [2.24, 2.45) is 0 Å². The molecule has 17 heavy (non-hydrogen) atoms. The summed E-state index contributed by atoms with van der Waals surface area (Å²) in [4.78, 5) is 11.6. The molecule has 0 unspecified atom stereocenters. The van der Waals surface area contributed by atoms with Crippen LogP contribution in [0.3, 0.4) is 0 Å². The summed E-state index contributed by atoms with van der Waals surface area (Å²) >= 11 is 0. The van der Waals surface area contributed by atoms with Gasteiger partial charge in [-0.1, -0.05) is 0 Å². The molecule has 0 saturated carbocycles. The molecule has 1 aliphatic heterocycles. The average Bonchev–Trinajstić information content (AvgIpc) is 2.58. The molecule has 6 heteroatoms. The van der Waals surface area contributed by atoms with Crippen LogP contribution in [0, 0.1) is 0 Å². The predicted molar refractivity (Wildman–Crippen MR) is 53.3 cm³/mol. The molecular formula is C11H10F2O4. The molecule has 0 bridgehead atoms. The number of aliphatic hydroxyl groups excluding tert-OH is 1. The second-order valence-corrected chi connectivity index (χ2v) is 3.58. The van der Waals surface area contributed by atoms with Crippen molar-refractivity contribution in [1.82, 2.24) is 0 Å². The molecule has 1 aliphatic rings. The number of ether oxygens (including phenoxy) is 2. The van der Waals surface area contributed by atoms with Gasteiger partial charge in [-0.25, -0.2) is 0 Å². The molecule has 0 atom stereocenters. The van der Waals surface area contributed by atoms with Gasteiger partial charge in [-0.15, -0.1) is 8.78 Å². The minimum absolute atomic E-state index is 0.0889. The smallest absolute Gasteiger partial charge is 0.396 e. The fourth-order valence-corrected chi connectivity index (χ4v) is 1.51. The Balaban J connectivity index is 2.16. The molecule has 1 aromatic rings. The number of fused-ring (bicyclic) bond motifs is 1. The van der Waals surface area contributed by atoms with Crippen LogP contribution in [0.5, 0.6) is 11.5 Å². The van der Waals surface area contributed by atoms with Crippen molar-refractivity contribution < 1.29 is 28.2 Å². The predicted octanol–water partition coefficient (Wildman–Crippen LogP) is 1.96. The van der Waals surface area contributed by atoms with E-state index in [1.165, 1.54) is 18.2 Å². The van der Waals surface area contributed by atoms with E-state index in [1.807, 2.05) is 0 Å². The number of hydrogen-bond donors (Lipinski definition) is 1. The third kappa shape index (κ3) is 2.52. The Hall–Kier alpha value is -1.69. The molecule has 1 aromatic carbocycles. The first-order valence-electron chi connectivity index (χ1n) is 5.06. The van der Waals surface area contributed by atoms with Crippen molar-refractivity contribution >= 4 is 5.78 Å². The lowest BCUT2D eigenvalue weighted by Crippen LogP contribution is -2.25. The van der Waals surface area contributed by atoms with Gasteiger partial charge in [0, 0.05) is 18.6 Å². The number of carbonyl (C=O) groups excluding carboxylic acids is 1. The van der Waals surface area contributed by atoms with E-state index in [-0.39, 0.29) is 35.9 Å². The van der Waals surface area contributed by atoms with Gasteiger partial charge in [0.25, 0.3) is 0 Å². The van der Waals surface area contributed by atoms with Gasteiger partial charge in [-0.3, -0.25) is 4.79 Å². The van der Waals surface area contributed by atoms with E-state index < -0.39 is 6.29 Å². The zero-order chi connectivity index (χ0) is 12.5. The highest BCUT2D eigenvalue weighted by Crippen LogP contribution is 2.41. The maximum Gasteiger partial charge on any atom is 0.586 e. The van der Waals surface area contributed by atoms with Crippen molar-refractivity contribution in [3.8, 4) is 11.5 Å². The van der Waals surface area contributed by atoms with E-state index in [1.54, 1.807) is 0 Å². The molecular weight excluding hydrogens is 234 g/mol. The highest BCUT2D eigenvalue weighted by Gasteiger charge is 2.43. The maximum atomic E-state index is 12.7. The Morgan fingerprint density at radius 2 is 2.00 bits per heavy atom. The first-order valence-corrected chi connectivity index (χ1v) is 5.06. The van der Waals surface area contributed by atoms with Gasteiger partial charge >= 0.3 is 6.29 Å². The van der Waals surface area contributed by atoms with Crippen LogP contribution in [0.4, 0.5) is 8.78 Å². The van der Waals surface area contributed by atoms with Crippen LogP contribution in [-0.2, 0) is 0 Å². The standard InChI is InChI=1S/C11H10F2O4/c12-11(13)16-9-4-3-7(6-10(9)17-11)8(15)2-1-5-14/h3-4,6,14H,1-2,5H2. The van der Waals surface area contributed by atoms with Crippen molar-refractivity contribution in [3.05, 3.63) is 23.8 Å². The number of aliphatic hydroxyl groups is 1. The first kappa shape index (κ1) is 11.8. The van der Waals surface area contributed by atoms with E-state index in [0.717, 1.165) is 0 Å². The van der Waals surface area contributed by atoms with Crippen LogP contribution in [0.15, 0.2) is 18.2 Å². The van der Waals surface area contributed by atoms with Gasteiger partial charge in [0.15, 0.2) is 17.3 Å².